The minimum Gasteiger partial charge on any atom is -0.330 e. The van der Waals surface area contributed by atoms with Gasteiger partial charge in [0, 0.05) is 13.1 Å². The first-order chi connectivity index (χ1) is 7.72. The summed E-state index contributed by atoms with van der Waals surface area (Å²) in [6.07, 6.45) is 0. The van der Waals surface area contributed by atoms with Crippen molar-refractivity contribution in [2.75, 3.05) is 6.54 Å². The molecule has 0 unspecified atom stereocenters. The predicted molar refractivity (Wildman–Crippen MR) is 56.0 cm³/mol. The zero-order valence-electron chi connectivity index (χ0n) is 8.59. The molecule has 1 atom stereocenters. The zero-order chi connectivity index (χ0) is 11.5. The molecule has 0 aliphatic carbocycles. The van der Waals surface area contributed by atoms with Gasteiger partial charge in [0.1, 0.15) is 5.92 Å². The Balaban J connectivity index is 2.11. The van der Waals surface area contributed by atoms with E-state index in [1.54, 1.807) is 0 Å². The van der Waals surface area contributed by atoms with Gasteiger partial charge in [-0.3, -0.25) is 9.59 Å². The van der Waals surface area contributed by atoms with Crippen LogP contribution in [0.25, 0.3) is 0 Å². The Morgan fingerprint density at radius 3 is 2.56 bits per heavy atom. The molecule has 4 heteroatoms. The van der Waals surface area contributed by atoms with E-state index in [0.29, 0.717) is 6.54 Å². The van der Waals surface area contributed by atoms with Gasteiger partial charge >= 0.3 is 0 Å². The molecule has 0 radical (unpaired) electrons. The molecule has 1 aromatic carbocycles. The maximum absolute atomic E-state index is 11.5. The SMILES string of the molecule is N#C[C@@H]1CN(Cc2ccccc2)C(=O)C1=O. The summed E-state index contributed by atoms with van der Waals surface area (Å²) in [5.74, 6) is -1.93. The van der Waals surface area contributed by atoms with Crippen LogP contribution < -0.4 is 0 Å². The lowest BCUT2D eigenvalue weighted by atomic mass is 10.1. The van der Waals surface area contributed by atoms with Crippen molar-refractivity contribution in [3.05, 3.63) is 35.9 Å². The van der Waals surface area contributed by atoms with E-state index < -0.39 is 17.6 Å². The fraction of sp³-hybridized carbons (Fsp3) is 0.250. The van der Waals surface area contributed by atoms with Crippen LogP contribution in [0.1, 0.15) is 5.56 Å². The van der Waals surface area contributed by atoms with E-state index in [2.05, 4.69) is 0 Å². The highest BCUT2D eigenvalue weighted by Crippen LogP contribution is 2.16. The van der Waals surface area contributed by atoms with Crippen molar-refractivity contribution < 1.29 is 9.59 Å². The summed E-state index contributed by atoms with van der Waals surface area (Å²) in [5, 5.41) is 8.69. The molecule has 1 aliphatic heterocycles. The number of likely N-dealkylation sites (tertiary alicyclic amines) is 1. The quantitative estimate of drug-likeness (QED) is 0.682. The van der Waals surface area contributed by atoms with Crippen LogP contribution in [0.5, 0.6) is 0 Å². The number of benzene rings is 1. The van der Waals surface area contributed by atoms with Gasteiger partial charge in [-0.25, -0.2) is 0 Å². The maximum atomic E-state index is 11.5. The van der Waals surface area contributed by atoms with Crippen molar-refractivity contribution in [3.63, 3.8) is 0 Å². The third kappa shape index (κ3) is 1.80. The lowest BCUT2D eigenvalue weighted by Gasteiger charge is -2.14. The van der Waals surface area contributed by atoms with Crippen molar-refractivity contribution in [3.8, 4) is 6.07 Å². The first-order valence-electron chi connectivity index (χ1n) is 4.99. The van der Waals surface area contributed by atoms with Crippen molar-refractivity contribution in [1.29, 1.82) is 5.26 Å². The highest BCUT2D eigenvalue weighted by atomic mass is 16.2. The molecule has 1 saturated heterocycles. The Morgan fingerprint density at radius 1 is 1.31 bits per heavy atom. The van der Waals surface area contributed by atoms with E-state index in [1.165, 1.54) is 4.90 Å². The Morgan fingerprint density at radius 2 is 2.00 bits per heavy atom. The molecule has 1 fully saturated rings. The molecule has 0 aromatic heterocycles. The smallest absolute Gasteiger partial charge is 0.291 e. The molecule has 2 rings (SSSR count). The number of carbonyl (C=O) groups is 2. The molecule has 1 aromatic rings. The average molecular weight is 214 g/mol. The summed E-state index contributed by atoms with van der Waals surface area (Å²) >= 11 is 0. The number of hydrogen-bond donors (Lipinski definition) is 0. The Kier molecular flexibility index (Phi) is 2.69. The summed E-state index contributed by atoms with van der Waals surface area (Å²) in [6.45, 7) is 0.604. The molecule has 1 amide bonds. The number of hydrogen-bond acceptors (Lipinski definition) is 3. The molecule has 16 heavy (non-hydrogen) atoms. The molecule has 4 nitrogen and oxygen atoms in total. The van der Waals surface area contributed by atoms with E-state index >= 15 is 0 Å². The zero-order valence-corrected chi connectivity index (χ0v) is 8.59. The Hall–Kier alpha value is -2.15. The summed E-state index contributed by atoms with van der Waals surface area (Å²) in [7, 11) is 0. The van der Waals surface area contributed by atoms with Crippen LogP contribution in [-0.4, -0.2) is 23.1 Å². The summed E-state index contributed by atoms with van der Waals surface area (Å²) in [6, 6.07) is 11.3. The number of rotatable bonds is 2. The molecular formula is C12H10N2O2. The molecule has 0 saturated carbocycles. The van der Waals surface area contributed by atoms with Crippen LogP contribution in [0.15, 0.2) is 30.3 Å². The minimum absolute atomic E-state index is 0.211. The van der Waals surface area contributed by atoms with Crippen LogP contribution in [0, 0.1) is 17.2 Å². The van der Waals surface area contributed by atoms with E-state index in [-0.39, 0.29) is 6.54 Å². The second-order valence-corrected chi connectivity index (χ2v) is 3.72. The van der Waals surface area contributed by atoms with Gasteiger partial charge in [0.05, 0.1) is 6.07 Å². The second-order valence-electron chi connectivity index (χ2n) is 3.72. The molecule has 80 valence electrons. The van der Waals surface area contributed by atoms with Gasteiger partial charge in [0.15, 0.2) is 0 Å². The van der Waals surface area contributed by atoms with E-state index in [4.69, 9.17) is 5.26 Å². The average Bonchev–Trinajstić information content (AvgIpc) is 2.58. The van der Waals surface area contributed by atoms with Gasteiger partial charge in [-0.2, -0.15) is 5.26 Å². The van der Waals surface area contributed by atoms with Crippen LogP contribution in [0.4, 0.5) is 0 Å². The fourth-order valence-electron chi connectivity index (χ4n) is 1.73. The minimum atomic E-state index is -0.795. The van der Waals surface area contributed by atoms with Gasteiger partial charge < -0.3 is 4.90 Å². The number of Topliss-reactive ketones (excluding diaryl/α,β-unsaturated/α-hetero) is 1. The summed E-state index contributed by atoms with van der Waals surface area (Å²) in [5.41, 5.74) is 0.960. The molecule has 0 spiro atoms. The lowest BCUT2D eigenvalue weighted by molar-refractivity contribution is -0.140. The standard InChI is InChI=1S/C12H10N2O2/c13-6-10-8-14(12(16)11(10)15)7-9-4-2-1-3-5-9/h1-5,10H,7-8H2/t10-/m1/s1. The molecular weight excluding hydrogens is 204 g/mol. The van der Waals surface area contributed by atoms with Crippen molar-refractivity contribution in [2.45, 2.75) is 6.54 Å². The number of ketones is 1. The number of nitrogens with zero attached hydrogens (tertiary/aromatic N) is 2. The molecule has 0 bridgehead atoms. The largest absolute Gasteiger partial charge is 0.330 e. The topological polar surface area (TPSA) is 61.2 Å². The number of carbonyl (C=O) groups excluding carboxylic acids is 2. The number of nitriles is 1. The molecule has 1 aliphatic rings. The van der Waals surface area contributed by atoms with Crippen molar-refractivity contribution >= 4 is 11.7 Å². The van der Waals surface area contributed by atoms with Gasteiger partial charge in [-0.1, -0.05) is 30.3 Å². The van der Waals surface area contributed by atoms with Crippen LogP contribution >= 0.6 is 0 Å². The van der Waals surface area contributed by atoms with E-state index in [9.17, 15) is 9.59 Å². The third-order valence-corrected chi connectivity index (χ3v) is 2.59. The predicted octanol–water partition coefficient (Wildman–Crippen LogP) is 0.738. The maximum Gasteiger partial charge on any atom is 0.291 e. The van der Waals surface area contributed by atoms with E-state index in [1.807, 2.05) is 36.4 Å². The first-order valence-corrected chi connectivity index (χ1v) is 4.99. The van der Waals surface area contributed by atoms with Gasteiger partial charge in [0.2, 0.25) is 5.78 Å². The van der Waals surface area contributed by atoms with Crippen molar-refractivity contribution in [1.82, 2.24) is 4.90 Å². The Bertz CT molecular complexity index is 462. The number of amides is 1. The Labute approximate surface area is 93.1 Å². The van der Waals surface area contributed by atoms with Crippen LogP contribution in [-0.2, 0) is 16.1 Å². The normalized spacial score (nSPS) is 19.9. The van der Waals surface area contributed by atoms with Crippen LogP contribution in [0.2, 0.25) is 0 Å². The van der Waals surface area contributed by atoms with Gasteiger partial charge in [0.25, 0.3) is 5.91 Å². The molecule has 0 N–H and O–H groups in total. The van der Waals surface area contributed by atoms with Crippen LogP contribution in [0.3, 0.4) is 0 Å². The highest BCUT2D eigenvalue weighted by molar-refractivity contribution is 6.39. The van der Waals surface area contributed by atoms with Gasteiger partial charge in [-0.15, -0.1) is 0 Å². The summed E-state index contributed by atoms with van der Waals surface area (Å²) < 4.78 is 0. The lowest BCUT2D eigenvalue weighted by Crippen LogP contribution is -2.26. The first kappa shape index (κ1) is 10.4. The second kappa shape index (κ2) is 4.15. The molecule has 1 heterocycles. The third-order valence-electron chi connectivity index (χ3n) is 2.59. The highest BCUT2D eigenvalue weighted by Gasteiger charge is 2.38. The van der Waals surface area contributed by atoms with E-state index in [0.717, 1.165) is 5.56 Å². The van der Waals surface area contributed by atoms with Crippen molar-refractivity contribution in [2.24, 2.45) is 5.92 Å². The monoisotopic (exact) mass is 214 g/mol. The van der Waals surface area contributed by atoms with Gasteiger partial charge in [-0.05, 0) is 5.56 Å². The summed E-state index contributed by atoms with van der Waals surface area (Å²) in [4.78, 5) is 24.2. The fourth-order valence-corrected chi connectivity index (χ4v) is 1.73.